The molecule has 0 spiro atoms. The van der Waals surface area contributed by atoms with E-state index >= 15 is 0 Å². The molecule has 1 aliphatic heterocycles. The highest BCUT2D eigenvalue weighted by Crippen LogP contribution is 2.31. The second kappa shape index (κ2) is 9.92. The summed E-state index contributed by atoms with van der Waals surface area (Å²) in [4.78, 5) is 23.3. The van der Waals surface area contributed by atoms with Gasteiger partial charge in [-0.1, -0.05) is 39.0 Å². The molecule has 1 saturated heterocycles. The van der Waals surface area contributed by atoms with Gasteiger partial charge in [-0.2, -0.15) is 0 Å². The quantitative estimate of drug-likeness (QED) is 0.450. The van der Waals surface area contributed by atoms with Crippen LogP contribution in [0.1, 0.15) is 38.3 Å². The molecule has 2 amide bonds. The Bertz CT molecular complexity index is 976. The molecule has 0 unspecified atom stereocenters. The molecule has 0 atom stereocenters. The third-order valence-corrected chi connectivity index (χ3v) is 5.47. The van der Waals surface area contributed by atoms with E-state index in [1.165, 1.54) is 5.56 Å². The van der Waals surface area contributed by atoms with Crippen LogP contribution in [-0.4, -0.2) is 31.5 Å². The number of imide groups is 1. The smallest absolute Gasteiger partial charge is 0.290 e. The Kier molecular flexibility index (Phi) is 7.28. The highest BCUT2D eigenvalue weighted by molar-refractivity contribution is 8.18. The third kappa shape index (κ3) is 6.28. The van der Waals surface area contributed by atoms with Gasteiger partial charge in [0.15, 0.2) is 11.5 Å². The van der Waals surface area contributed by atoms with Crippen LogP contribution in [0.3, 0.4) is 0 Å². The minimum Gasteiger partial charge on any atom is -0.493 e. The first-order chi connectivity index (χ1) is 14.8. The first-order valence-corrected chi connectivity index (χ1v) is 10.9. The lowest BCUT2D eigenvalue weighted by atomic mass is 9.87. The molecule has 7 heteroatoms. The lowest BCUT2D eigenvalue weighted by Gasteiger charge is -2.19. The first-order valence-electron chi connectivity index (χ1n) is 10.1. The molecule has 0 bridgehead atoms. The largest absolute Gasteiger partial charge is 0.493 e. The monoisotopic (exact) mass is 441 g/mol. The summed E-state index contributed by atoms with van der Waals surface area (Å²) >= 11 is 0.881. The second-order valence-electron chi connectivity index (χ2n) is 8.09. The Morgan fingerprint density at radius 1 is 0.968 bits per heavy atom. The van der Waals surface area contributed by atoms with E-state index in [1.54, 1.807) is 25.3 Å². The van der Waals surface area contributed by atoms with Crippen LogP contribution in [0.15, 0.2) is 47.4 Å². The molecular weight excluding hydrogens is 414 g/mol. The molecule has 0 saturated carbocycles. The molecule has 0 aliphatic carbocycles. The molecule has 0 aromatic heterocycles. The van der Waals surface area contributed by atoms with Gasteiger partial charge in [-0.05, 0) is 58.6 Å². The van der Waals surface area contributed by atoms with Crippen LogP contribution in [0.5, 0.6) is 17.2 Å². The van der Waals surface area contributed by atoms with Crippen LogP contribution >= 0.6 is 11.8 Å². The zero-order valence-corrected chi connectivity index (χ0v) is 19.0. The van der Waals surface area contributed by atoms with Gasteiger partial charge in [-0.3, -0.25) is 14.9 Å². The number of rotatable bonds is 8. The van der Waals surface area contributed by atoms with Gasteiger partial charge >= 0.3 is 0 Å². The van der Waals surface area contributed by atoms with Crippen molar-refractivity contribution in [3.8, 4) is 17.2 Å². The number of hydrogen-bond donors (Lipinski definition) is 1. The van der Waals surface area contributed by atoms with Crippen LogP contribution in [0.4, 0.5) is 4.79 Å². The Morgan fingerprint density at radius 2 is 1.68 bits per heavy atom. The number of hydrogen-bond acceptors (Lipinski definition) is 6. The zero-order valence-electron chi connectivity index (χ0n) is 18.2. The van der Waals surface area contributed by atoms with Crippen molar-refractivity contribution in [2.75, 3.05) is 20.3 Å². The normalized spacial score (nSPS) is 15.2. The summed E-state index contributed by atoms with van der Waals surface area (Å²) in [5.74, 6) is 1.62. The fourth-order valence-electron chi connectivity index (χ4n) is 2.95. The van der Waals surface area contributed by atoms with Gasteiger partial charge in [0, 0.05) is 6.42 Å². The van der Waals surface area contributed by atoms with Crippen molar-refractivity contribution in [2.24, 2.45) is 0 Å². The van der Waals surface area contributed by atoms with Crippen molar-refractivity contribution in [3.63, 3.8) is 0 Å². The zero-order chi connectivity index (χ0) is 22.4. The molecule has 1 heterocycles. The van der Waals surface area contributed by atoms with Crippen molar-refractivity contribution >= 4 is 29.0 Å². The topological polar surface area (TPSA) is 73.9 Å². The molecule has 164 valence electrons. The van der Waals surface area contributed by atoms with E-state index in [9.17, 15) is 9.59 Å². The number of methoxy groups -OCH3 is 1. The van der Waals surface area contributed by atoms with Crippen LogP contribution in [-0.2, 0) is 10.2 Å². The third-order valence-electron chi connectivity index (χ3n) is 4.66. The summed E-state index contributed by atoms with van der Waals surface area (Å²) in [6.07, 6.45) is 2.37. The van der Waals surface area contributed by atoms with Crippen molar-refractivity contribution in [1.29, 1.82) is 0 Å². The van der Waals surface area contributed by atoms with Crippen LogP contribution in [0.2, 0.25) is 0 Å². The van der Waals surface area contributed by atoms with E-state index in [2.05, 4.69) is 38.2 Å². The van der Waals surface area contributed by atoms with Crippen LogP contribution in [0, 0.1) is 0 Å². The van der Waals surface area contributed by atoms with Crippen LogP contribution < -0.4 is 19.5 Å². The summed E-state index contributed by atoms with van der Waals surface area (Å²) in [7, 11) is 1.56. The number of thioether (sulfide) groups is 1. The van der Waals surface area contributed by atoms with Crippen molar-refractivity contribution in [1.82, 2.24) is 5.32 Å². The minimum atomic E-state index is -0.387. The van der Waals surface area contributed by atoms with E-state index in [0.29, 0.717) is 29.6 Å². The molecule has 1 aliphatic rings. The van der Waals surface area contributed by atoms with E-state index in [1.807, 2.05) is 18.2 Å². The summed E-state index contributed by atoms with van der Waals surface area (Å²) in [5, 5.41) is 1.87. The average Bonchev–Trinajstić information content (AvgIpc) is 3.04. The van der Waals surface area contributed by atoms with Gasteiger partial charge in [0.2, 0.25) is 0 Å². The maximum Gasteiger partial charge on any atom is 0.290 e. The number of nitrogens with one attached hydrogen (secondary N) is 1. The van der Waals surface area contributed by atoms with E-state index in [0.717, 1.165) is 29.5 Å². The maximum atomic E-state index is 11.7. The SMILES string of the molecule is COc1cc(/C=C2/SC(=O)NC2=O)ccc1OCCCOc1ccc(C(C)(C)C)cc1. The number of carbonyl (C=O) groups excluding carboxylic acids is 2. The Morgan fingerprint density at radius 3 is 2.29 bits per heavy atom. The lowest BCUT2D eigenvalue weighted by molar-refractivity contribution is -0.115. The number of benzene rings is 2. The summed E-state index contributed by atoms with van der Waals surface area (Å²) in [5.41, 5.74) is 2.14. The number of ether oxygens (including phenoxy) is 3. The number of amides is 2. The molecule has 31 heavy (non-hydrogen) atoms. The first kappa shape index (κ1) is 22.7. The van der Waals surface area contributed by atoms with E-state index < -0.39 is 0 Å². The standard InChI is InChI=1S/C24H27NO5S/c1-24(2,3)17-7-9-18(10-8-17)29-12-5-13-30-19-11-6-16(14-20(19)28-4)15-21-22(26)25-23(27)31-21/h6-11,14-15H,5,12-13H2,1-4H3,(H,25,26,27)/b21-15+. The van der Waals surface area contributed by atoms with Gasteiger partial charge in [0.25, 0.3) is 11.1 Å². The number of carbonyl (C=O) groups is 2. The van der Waals surface area contributed by atoms with Gasteiger partial charge in [0.05, 0.1) is 25.2 Å². The fraction of sp³-hybridized carbons (Fsp3) is 0.333. The molecule has 1 N–H and O–H groups in total. The van der Waals surface area contributed by atoms with E-state index in [4.69, 9.17) is 14.2 Å². The Hall–Kier alpha value is -2.93. The molecule has 6 nitrogen and oxygen atoms in total. The molecule has 2 aromatic rings. The lowest BCUT2D eigenvalue weighted by Crippen LogP contribution is -2.17. The molecular formula is C24H27NO5S. The Labute approximate surface area is 187 Å². The molecule has 1 fully saturated rings. The van der Waals surface area contributed by atoms with Crippen molar-refractivity contribution in [2.45, 2.75) is 32.6 Å². The van der Waals surface area contributed by atoms with Crippen LogP contribution in [0.25, 0.3) is 6.08 Å². The average molecular weight is 442 g/mol. The van der Waals surface area contributed by atoms with Crippen molar-refractivity contribution < 1.29 is 23.8 Å². The highest BCUT2D eigenvalue weighted by Gasteiger charge is 2.25. The summed E-state index contributed by atoms with van der Waals surface area (Å²) < 4.78 is 17.0. The van der Waals surface area contributed by atoms with Gasteiger partial charge in [0.1, 0.15) is 5.75 Å². The summed E-state index contributed by atoms with van der Waals surface area (Å²) in [6, 6.07) is 13.5. The van der Waals surface area contributed by atoms with Gasteiger partial charge in [-0.15, -0.1) is 0 Å². The predicted octanol–water partition coefficient (Wildman–Crippen LogP) is 5.16. The van der Waals surface area contributed by atoms with Gasteiger partial charge < -0.3 is 14.2 Å². The molecule has 2 aromatic carbocycles. The summed E-state index contributed by atoms with van der Waals surface area (Å²) in [6.45, 7) is 7.57. The molecule has 3 rings (SSSR count). The fourth-order valence-corrected chi connectivity index (χ4v) is 3.63. The highest BCUT2D eigenvalue weighted by atomic mass is 32.2. The maximum absolute atomic E-state index is 11.7. The second-order valence-corrected chi connectivity index (χ2v) is 9.10. The Balaban J connectivity index is 1.49. The van der Waals surface area contributed by atoms with E-state index in [-0.39, 0.29) is 16.6 Å². The molecule has 0 radical (unpaired) electrons. The van der Waals surface area contributed by atoms with Crippen molar-refractivity contribution in [3.05, 3.63) is 58.5 Å². The minimum absolute atomic E-state index is 0.122. The predicted molar refractivity (Wildman–Crippen MR) is 123 cm³/mol. The van der Waals surface area contributed by atoms with Gasteiger partial charge in [-0.25, -0.2) is 0 Å².